The van der Waals surface area contributed by atoms with E-state index in [1.165, 1.54) is 10.6 Å². The van der Waals surface area contributed by atoms with Crippen LogP contribution in [0.3, 0.4) is 0 Å². The van der Waals surface area contributed by atoms with Gasteiger partial charge in [0.05, 0.1) is 6.61 Å². The Labute approximate surface area is 151 Å². The number of alkyl halides is 1. The fraction of sp³-hybridized carbons (Fsp3) is 0.684. The summed E-state index contributed by atoms with van der Waals surface area (Å²) in [6.45, 7) is 3.58. The van der Waals surface area contributed by atoms with Gasteiger partial charge in [-0.2, -0.15) is 0 Å². The summed E-state index contributed by atoms with van der Waals surface area (Å²) in [5.41, 5.74) is -0.158. The third-order valence-electron chi connectivity index (χ3n) is 4.99. The number of carbonyl (C=O) groups is 1. The molecule has 0 radical (unpaired) electrons. The highest BCUT2D eigenvalue weighted by Crippen LogP contribution is 2.37. The Morgan fingerprint density at radius 3 is 2.73 bits per heavy atom. The molecule has 1 aromatic heterocycles. The molecular weight excluding hydrogens is 342 g/mol. The standard InChI is InChI=1S/C19H26F2N2O3/c1-2-7-26-19(25)17(9-13-3-4-13)23-10-14(8-16(21)18(23)24)5-6-22-11-15(20)12-22/h8,10,13,15,17H,2-7,9,11-12H2,1H3. The van der Waals surface area contributed by atoms with Gasteiger partial charge in [-0.05, 0) is 36.8 Å². The lowest BCUT2D eigenvalue weighted by Gasteiger charge is -2.34. The summed E-state index contributed by atoms with van der Waals surface area (Å²) in [4.78, 5) is 26.7. The Morgan fingerprint density at radius 1 is 1.38 bits per heavy atom. The topological polar surface area (TPSA) is 51.5 Å². The van der Waals surface area contributed by atoms with Crippen LogP contribution in [0.15, 0.2) is 17.1 Å². The molecule has 1 saturated heterocycles. The number of hydrogen-bond acceptors (Lipinski definition) is 4. The van der Waals surface area contributed by atoms with Gasteiger partial charge < -0.3 is 4.74 Å². The Morgan fingerprint density at radius 2 is 2.12 bits per heavy atom. The van der Waals surface area contributed by atoms with Crippen LogP contribution in [0, 0.1) is 11.7 Å². The third kappa shape index (κ3) is 4.69. The molecule has 1 aliphatic heterocycles. The molecule has 0 bridgehead atoms. The monoisotopic (exact) mass is 368 g/mol. The molecule has 2 aliphatic rings. The highest BCUT2D eigenvalue weighted by atomic mass is 19.1. The fourth-order valence-corrected chi connectivity index (χ4v) is 3.26. The zero-order valence-corrected chi connectivity index (χ0v) is 15.1. The Balaban J connectivity index is 1.77. The van der Waals surface area contributed by atoms with Gasteiger partial charge in [-0.15, -0.1) is 0 Å². The summed E-state index contributed by atoms with van der Waals surface area (Å²) in [6.07, 6.45) is 4.53. The van der Waals surface area contributed by atoms with E-state index in [0.29, 0.717) is 50.4 Å². The summed E-state index contributed by atoms with van der Waals surface area (Å²) < 4.78 is 33.5. The van der Waals surface area contributed by atoms with Crippen molar-refractivity contribution in [1.29, 1.82) is 0 Å². The molecule has 1 aromatic rings. The van der Waals surface area contributed by atoms with Crippen LogP contribution in [0.2, 0.25) is 0 Å². The number of carbonyl (C=O) groups excluding carboxylic acids is 1. The zero-order valence-electron chi connectivity index (χ0n) is 15.1. The normalized spacial score (nSPS) is 19.2. The van der Waals surface area contributed by atoms with Crippen LogP contribution < -0.4 is 5.56 Å². The molecule has 5 nitrogen and oxygen atoms in total. The van der Waals surface area contributed by atoms with Gasteiger partial charge in [0.15, 0.2) is 5.82 Å². The molecule has 0 N–H and O–H groups in total. The van der Waals surface area contributed by atoms with E-state index in [9.17, 15) is 18.4 Å². The molecule has 7 heteroatoms. The second kappa shape index (κ2) is 8.29. The maximum Gasteiger partial charge on any atom is 0.329 e. The molecular formula is C19H26F2N2O3. The van der Waals surface area contributed by atoms with Crippen LogP contribution in [0.5, 0.6) is 0 Å². The minimum absolute atomic E-state index is 0.288. The Bertz CT molecular complexity index is 697. The van der Waals surface area contributed by atoms with E-state index in [1.807, 2.05) is 11.8 Å². The number of hydrogen-bond donors (Lipinski definition) is 0. The van der Waals surface area contributed by atoms with Gasteiger partial charge in [0.25, 0.3) is 5.56 Å². The molecule has 1 saturated carbocycles. The average Bonchev–Trinajstić information content (AvgIpc) is 3.40. The molecule has 2 heterocycles. The molecule has 1 unspecified atom stereocenters. The number of nitrogens with zero attached hydrogens (tertiary/aromatic N) is 2. The summed E-state index contributed by atoms with van der Waals surface area (Å²) in [6, 6.07) is 0.437. The van der Waals surface area contributed by atoms with Crippen LogP contribution in [-0.2, 0) is 16.0 Å². The van der Waals surface area contributed by atoms with Crippen molar-refractivity contribution in [3.8, 4) is 0 Å². The lowest BCUT2D eigenvalue weighted by Crippen LogP contribution is -2.49. The maximum atomic E-state index is 14.2. The van der Waals surface area contributed by atoms with Gasteiger partial charge in [-0.1, -0.05) is 19.8 Å². The first-order valence-electron chi connectivity index (χ1n) is 9.41. The van der Waals surface area contributed by atoms with Crippen molar-refractivity contribution in [2.24, 2.45) is 5.92 Å². The van der Waals surface area contributed by atoms with Gasteiger partial charge in [-0.3, -0.25) is 14.3 Å². The summed E-state index contributed by atoms with van der Waals surface area (Å²) in [5.74, 6) is -0.950. The van der Waals surface area contributed by atoms with Crippen molar-refractivity contribution in [2.75, 3.05) is 26.2 Å². The number of pyridine rings is 1. The van der Waals surface area contributed by atoms with Gasteiger partial charge in [-0.25, -0.2) is 13.6 Å². The fourth-order valence-electron chi connectivity index (χ4n) is 3.26. The predicted molar refractivity (Wildman–Crippen MR) is 93.3 cm³/mol. The van der Waals surface area contributed by atoms with Crippen molar-refractivity contribution in [3.05, 3.63) is 34.0 Å². The lowest BCUT2D eigenvalue weighted by molar-refractivity contribution is -0.148. The number of aromatic nitrogens is 1. The number of esters is 1. The van der Waals surface area contributed by atoms with Crippen LogP contribution in [0.4, 0.5) is 8.78 Å². The molecule has 26 heavy (non-hydrogen) atoms. The summed E-state index contributed by atoms with van der Waals surface area (Å²) >= 11 is 0. The Kier molecular flexibility index (Phi) is 6.06. The molecule has 2 fully saturated rings. The quantitative estimate of drug-likeness (QED) is 0.629. The highest BCUT2D eigenvalue weighted by Gasteiger charge is 2.32. The lowest BCUT2D eigenvalue weighted by atomic mass is 10.1. The van der Waals surface area contributed by atoms with E-state index >= 15 is 0 Å². The van der Waals surface area contributed by atoms with E-state index in [1.54, 1.807) is 6.20 Å². The minimum Gasteiger partial charge on any atom is -0.464 e. The molecule has 1 aliphatic carbocycles. The SMILES string of the molecule is CCCOC(=O)C(CC1CC1)n1cc(CCN2CC(F)C2)cc(F)c1=O. The largest absolute Gasteiger partial charge is 0.464 e. The molecule has 0 spiro atoms. The number of rotatable bonds is 9. The van der Waals surface area contributed by atoms with E-state index in [2.05, 4.69) is 0 Å². The summed E-state index contributed by atoms with van der Waals surface area (Å²) in [5, 5.41) is 0. The first kappa shape index (κ1) is 19.0. The van der Waals surface area contributed by atoms with E-state index in [-0.39, 0.29) is 6.61 Å². The molecule has 3 rings (SSSR count). The van der Waals surface area contributed by atoms with Gasteiger partial charge in [0.1, 0.15) is 12.2 Å². The number of halogens is 2. The van der Waals surface area contributed by atoms with E-state index in [4.69, 9.17) is 4.74 Å². The minimum atomic E-state index is -0.862. The molecule has 0 aromatic carbocycles. The first-order chi connectivity index (χ1) is 12.5. The van der Waals surface area contributed by atoms with Crippen LogP contribution in [-0.4, -0.2) is 47.8 Å². The van der Waals surface area contributed by atoms with Gasteiger partial charge >= 0.3 is 5.97 Å². The third-order valence-corrected chi connectivity index (χ3v) is 4.99. The Hall–Kier alpha value is -1.76. The first-order valence-corrected chi connectivity index (χ1v) is 9.41. The van der Waals surface area contributed by atoms with Crippen molar-refractivity contribution >= 4 is 5.97 Å². The van der Waals surface area contributed by atoms with Crippen molar-refractivity contribution in [3.63, 3.8) is 0 Å². The van der Waals surface area contributed by atoms with Gasteiger partial charge in [0, 0.05) is 25.8 Å². The number of likely N-dealkylation sites (tertiary alicyclic amines) is 1. The van der Waals surface area contributed by atoms with E-state index in [0.717, 1.165) is 12.8 Å². The van der Waals surface area contributed by atoms with Crippen LogP contribution >= 0.6 is 0 Å². The molecule has 1 atom stereocenters. The van der Waals surface area contributed by atoms with Crippen molar-refractivity contribution in [1.82, 2.24) is 9.47 Å². The van der Waals surface area contributed by atoms with Crippen LogP contribution in [0.1, 0.15) is 44.2 Å². The smallest absolute Gasteiger partial charge is 0.329 e. The summed E-state index contributed by atoms with van der Waals surface area (Å²) in [7, 11) is 0. The second-order valence-corrected chi connectivity index (χ2v) is 7.38. The van der Waals surface area contributed by atoms with Gasteiger partial charge in [0.2, 0.25) is 0 Å². The molecule has 144 valence electrons. The van der Waals surface area contributed by atoms with Crippen molar-refractivity contribution in [2.45, 2.75) is 51.2 Å². The number of ether oxygens (including phenoxy) is 1. The van der Waals surface area contributed by atoms with Crippen LogP contribution in [0.25, 0.3) is 0 Å². The van der Waals surface area contributed by atoms with E-state index < -0.39 is 29.6 Å². The van der Waals surface area contributed by atoms with Crippen molar-refractivity contribution < 1.29 is 18.3 Å². The highest BCUT2D eigenvalue weighted by molar-refractivity contribution is 5.74. The average molecular weight is 368 g/mol. The predicted octanol–water partition coefficient (Wildman–Crippen LogP) is 2.48. The second-order valence-electron chi connectivity index (χ2n) is 7.38. The maximum absolute atomic E-state index is 14.2. The molecule has 0 amide bonds. The zero-order chi connectivity index (χ0) is 18.7.